The Morgan fingerprint density at radius 2 is 1.13 bits per heavy atom. The second-order valence-corrected chi connectivity index (χ2v) is 19.1. The molecular formula is C50H34N2OSSi. The number of benzene rings is 8. The summed E-state index contributed by atoms with van der Waals surface area (Å²) in [4.78, 5) is 6.28. The zero-order chi connectivity index (χ0) is 36.3. The van der Waals surface area contributed by atoms with Crippen molar-refractivity contribution >= 4 is 73.6 Å². The van der Waals surface area contributed by atoms with Gasteiger partial charge in [-0.05, 0) is 67.8 Å². The molecular weight excluding hydrogens is 705 g/mol. The van der Waals surface area contributed by atoms with Gasteiger partial charge >= 0.3 is 0 Å². The minimum Gasteiger partial charge on any atom is -0.455 e. The number of nitrogens with zero attached hydrogens (tertiary/aromatic N) is 2. The van der Waals surface area contributed by atoms with Crippen LogP contribution < -0.4 is 20.7 Å². The van der Waals surface area contributed by atoms with Crippen molar-refractivity contribution in [1.29, 1.82) is 0 Å². The fourth-order valence-corrected chi connectivity index (χ4v) is 14.5. The van der Waals surface area contributed by atoms with Crippen LogP contribution in [0, 0.1) is 0 Å². The zero-order valence-electron chi connectivity index (χ0n) is 29.9. The topological polar surface area (TPSA) is 31.0 Å². The molecule has 1 aliphatic heterocycles. The van der Waals surface area contributed by atoms with E-state index in [0.717, 1.165) is 55.7 Å². The van der Waals surface area contributed by atoms with E-state index in [1.807, 2.05) is 17.8 Å². The summed E-state index contributed by atoms with van der Waals surface area (Å²) in [6.45, 7) is 0. The molecule has 0 atom stereocenters. The van der Waals surface area contributed by atoms with Gasteiger partial charge in [0.25, 0.3) is 0 Å². The quantitative estimate of drug-likeness (QED) is 0.126. The van der Waals surface area contributed by atoms with Crippen LogP contribution in [0.25, 0.3) is 60.9 Å². The third-order valence-electron chi connectivity index (χ3n) is 11.2. The maximum atomic E-state index is 6.57. The summed E-state index contributed by atoms with van der Waals surface area (Å²) in [5, 5.41) is 7.62. The van der Waals surface area contributed by atoms with Gasteiger partial charge in [-0.2, -0.15) is 0 Å². The van der Waals surface area contributed by atoms with Crippen molar-refractivity contribution in [2.75, 3.05) is 0 Å². The predicted molar refractivity (Wildman–Crippen MR) is 232 cm³/mol. The first kappa shape index (κ1) is 32.1. The van der Waals surface area contributed by atoms with Crippen LogP contribution >= 0.6 is 11.8 Å². The molecule has 55 heavy (non-hydrogen) atoms. The number of fused-ring (bicyclic) bond motifs is 8. The van der Waals surface area contributed by atoms with E-state index in [4.69, 9.17) is 9.40 Å². The number of imidazole rings is 1. The highest BCUT2D eigenvalue weighted by Gasteiger charge is 2.42. The SMILES string of the molecule is c1ccc([Si](c2ccccc2)(c2cccc(-c3ccc4c(c3)-n3c(nc5ccccc53)CS4)c2)c2cccc(-c3cccc4c3oc3ccccc34)c2)cc1. The number of hydrogen-bond acceptors (Lipinski definition) is 3. The first-order valence-electron chi connectivity index (χ1n) is 18.7. The van der Waals surface area contributed by atoms with Gasteiger partial charge in [-0.25, -0.2) is 4.98 Å². The molecule has 3 heterocycles. The van der Waals surface area contributed by atoms with Gasteiger partial charge < -0.3 is 4.42 Å². The number of rotatable bonds is 6. The van der Waals surface area contributed by atoms with Crippen LogP contribution in [0.15, 0.2) is 203 Å². The number of para-hydroxylation sites is 4. The third kappa shape index (κ3) is 5.08. The summed E-state index contributed by atoms with van der Waals surface area (Å²) < 4.78 is 8.92. The molecule has 3 nitrogen and oxygen atoms in total. The Kier molecular flexibility index (Phi) is 7.51. The fraction of sp³-hybridized carbons (Fsp3) is 0.0200. The molecule has 0 aliphatic carbocycles. The van der Waals surface area contributed by atoms with E-state index < -0.39 is 8.07 Å². The molecule has 1 aliphatic rings. The van der Waals surface area contributed by atoms with Gasteiger partial charge in [0.2, 0.25) is 0 Å². The molecule has 5 heteroatoms. The van der Waals surface area contributed by atoms with Gasteiger partial charge in [0, 0.05) is 21.2 Å². The number of thioether (sulfide) groups is 1. The summed E-state index contributed by atoms with van der Waals surface area (Å²) in [5.74, 6) is 1.96. The van der Waals surface area contributed by atoms with Crippen molar-refractivity contribution in [1.82, 2.24) is 9.55 Å². The molecule has 8 aromatic carbocycles. The Balaban J connectivity index is 1.13. The first-order valence-corrected chi connectivity index (χ1v) is 21.7. The second-order valence-electron chi connectivity index (χ2n) is 14.2. The van der Waals surface area contributed by atoms with Crippen molar-refractivity contribution in [3.63, 3.8) is 0 Å². The van der Waals surface area contributed by atoms with Crippen LogP contribution in [0.1, 0.15) is 5.82 Å². The molecule has 0 amide bonds. The monoisotopic (exact) mass is 738 g/mol. The number of hydrogen-bond donors (Lipinski definition) is 0. The van der Waals surface area contributed by atoms with Crippen LogP contribution in [0.4, 0.5) is 0 Å². The van der Waals surface area contributed by atoms with Gasteiger partial charge in [-0.1, -0.05) is 164 Å². The minimum atomic E-state index is -2.89. The van der Waals surface area contributed by atoms with E-state index in [0.29, 0.717) is 0 Å². The lowest BCUT2D eigenvalue weighted by molar-refractivity contribution is 0.670. The van der Waals surface area contributed by atoms with Crippen LogP contribution in [0.5, 0.6) is 0 Å². The minimum absolute atomic E-state index is 0.864. The Bertz CT molecular complexity index is 3020. The molecule has 10 aromatic rings. The average molecular weight is 739 g/mol. The van der Waals surface area contributed by atoms with E-state index in [2.05, 4.69) is 193 Å². The van der Waals surface area contributed by atoms with E-state index in [1.54, 1.807) is 0 Å². The van der Waals surface area contributed by atoms with E-state index in [9.17, 15) is 0 Å². The lowest BCUT2D eigenvalue weighted by atomic mass is 10.0. The molecule has 0 saturated carbocycles. The largest absolute Gasteiger partial charge is 0.455 e. The highest BCUT2D eigenvalue weighted by molar-refractivity contribution is 7.98. The van der Waals surface area contributed by atoms with Crippen LogP contribution in [0.3, 0.4) is 0 Å². The van der Waals surface area contributed by atoms with Crippen LogP contribution in [0.2, 0.25) is 0 Å². The number of furan rings is 1. The van der Waals surface area contributed by atoms with Crippen molar-refractivity contribution in [2.24, 2.45) is 0 Å². The standard InChI is InChI=1S/C50H34N2OSSi/c1-3-16-37(17-4-1)55(38-18-5-2-6-19-38,40-21-12-15-36(31-40)41-23-13-24-43-42-22-7-10-27-47(42)53-50(41)43)39-20-11-14-34(30-39)35-28-29-48-46(32-35)52-45-26-9-8-25-44(45)51-49(52)33-54-48/h1-32H,33H2. The maximum absolute atomic E-state index is 6.57. The summed E-state index contributed by atoms with van der Waals surface area (Å²) in [6.07, 6.45) is 0. The zero-order valence-corrected chi connectivity index (χ0v) is 31.7. The summed E-state index contributed by atoms with van der Waals surface area (Å²) >= 11 is 1.87. The average Bonchev–Trinajstić information content (AvgIpc) is 3.84. The normalized spacial score (nSPS) is 12.6. The summed E-state index contributed by atoms with van der Waals surface area (Å²) in [5.41, 5.74) is 9.88. The van der Waals surface area contributed by atoms with Crippen molar-refractivity contribution in [3.05, 3.63) is 200 Å². The van der Waals surface area contributed by atoms with Crippen LogP contribution in [-0.4, -0.2) is 17.6 Å². The van der Waals surface area contributed by atoms with Crippen LogP contribution in [-0.2, 0) is 5.75 Å². The predicted octanol–water partition coefficient (Wildman–Crippen LogP) is 10.2. The molecule has 11 rings (SSSR count). The van der Waals surface area contributed by atoms with Crippen molar-refractivity contribution in [3.8, 4) is 27.9 Å². The molecule has 0 spiro atoms. The van der Waals surface area contributed by atoms with Crippen molar-refractivity contribution < 1.29 is 4.42 Å². The molecule has 0 unspecified atom stereocenters. The van der Waals surface area contributed by atoms with E-state index in [-0.39, 0.29) is 0 Å². The highest BCUT2D eigenvalue weighted by atomic mass is 32.2. The lowest BCUT2D eigenvalue weighted by Crippen LogP contribution is -2.74. The molecule has 0 radical (unpaired) electrons. The van der Waals surface area contributed by atoms with Gasteiger partial charge in [-0.15, -0.1) is 11.8 Å². The molecule has 0 fully saturated rings. The van der Waals surface area contributed by atoms with E-state index >= 15 is 0 Å². The first-order chi connectivity index (χ1) is 27.3. The van der Waals surface area contributed by atoms with Gasteiger partial charge in [0.05, 0.1) is 22.5 Å². The maximum Gasteiger partial charge on any atom is 0.179 e. The highest BCUT2D eigenvalue weighted by Crippen LogP contribution is 2.40. The third-order valence-corrected chi connectivity index (χ3v) is 17.1. The molecule has 2 aromatic heterocycles. The van der Waals surface area contributed by atoms with Crippen molar-refractivity contribution in [2.45, 2.75) is 10.6 Å². The fourth-order valence-electron chi connectivity index (χ4n) is 8.78. The Morgan fingerprint density at radius 3 is 1.93 bits per heavy atom. The second kappa shape index (κ2) is 12.9. The lowest BCUT2D eigenvalue weighted by Gasteiger charge is -2.35. The molecule has 0 bridgehead atoms. The summed E-state index contributed by atoms with van der Waals surface area (Å²) in [7, 11) is -2.89. The molecule has 0 N–H and O–H groups in total. The summed E-state index contributed by atoms with van der Waals surface area (Å²) in [6, 6.07) is 71.2. The van der Waals surface area contributed by atoms with Gasteiger partial charge in [-0.3, -0.25) is 4.57 Å². The van der Waals surface area contributed by atoms with Gasteiger partial charge in [0.1, 0.15) is 17.0 Å². The van der Waals surface area contributed by atoms with Gasteiger partial charge in [0.15, 0.2) is 8.07 Å². The number of aromatic nitrogens is 2. The Morgan fingerprint density at radius 1 is 0.509 bits per heavy atom. The molecule has 260 valence electrons. The Hall–Kier alpha value is -6.40. The molecule has 0 saturated heterocycles. The Labute approximate surface area is 324 Å². The van der Waals surface area contributed by atoms with E-state index in [1.165, 1.54) is 42.5 Å². The smallest absolute Gasteiger partial charge is 0.179 e.